The predicted molar refractivity (Wildman–Crippen MR) is 87.6 cm³/mol. The lowest BCUT2D eigenvalue weighted by Gasteiger charge is -2.33. The molecule has 1 fully saturated rings. The van der Waals surface area contributed by atoms with E-state index >= 15 is 0 Å². The quantitative estimate of drug-likeness (QED) is 0.851. The topological polar surface area (TPSA) is 49.8 Å². The molecule has 2 unspecified atom stereocenters. The molecule has 1 amide bonds. The summed E-state index contributed by atoms with van der Waals surface area (Å²) in [6, 6.07) is 7.67. The average Bonchev–Trinajstić information content (AvgIpc) is 2.54. The number of amides is 1. The molecule has 0 saturated carbocycles. The lowest BCUT2D eigenvalue weighted by Crippen LogP contribution is -2.42. The molecule has 1 aromatic carbocycles. The maximum Gasteiger partial charge on any atom is 0.246 e. The van der Waals surface area contributed by atoms with Crippen molar-refractivity contribution in [2.75, 3.05) is 19.7 Å². The summed E-state index contributed by atoms with van der Waals surface area (Å²) in [7, 11) is 0. The van der Waals surface area contributed by atoms with Gasteiger partial charge in [0.05, 0.1) is 12.7 Å². The third-order valence-electron chi connectivity index (χ3n) is 4.06. The smallest absolute Gasteiger partial charge is 0.246 e. The molecule has 4 heteroatoms. The average molecular weight is 303 g/mol. The molecule has 120 valence electrons. The predicted octanol–water partition coefficient (Wildman–Crippen LogP) is 2.72. The maximum atomic E-state index is 12.2. The molecule has 1 aliphatic heterocycles. The monoisotopic (exact) mass is 303 g/mol. The first-order valence-corrected chi connectivity index (χ1v) is 7.98. The van der Waals surface area contributed by atoms with Crippen LogP contribution in [0.5, 0.6) is 5.75 Å². The number of ether oxygens (including phenoxy) is 1. The van der Waals surface area contributed by atoms with Gasteiger partial charge in [-0.1, -0.05) is 12.1 Å². The Labute approximate surface area is 132 Å². The fraction of sp³-hybridized carbons (Fsp3) is 0.500. The summed E-state index contributed by atoms with van der Waals surface area (Å²) in [5, 5.41) is 9.69. The van der Waals surface area contributed by atoms with E-state index in [-0.39, 0.29) is 17.9 Å². The molecule has 2 rings (SSSR count). The molecule has 22 heavy (non-hydrogen) atoms. The minimum absolute atomic E-state index is 0.0132. The summed E-state index contributed by atoms with van der Waals surface area (Å²) in [6.45, 7) is 5.81. The first-order valence-electron chi connectivity index (χ1n) is 7.98. The maximum absolute atomic E-state index is 12.2. The van der Waals surface area contributed by atoms with Crippen LogP contribution in [0.15, 0.2) is 30.3 Å². The molecule has 0 aromatic heterocycles. The third-order valence-corrected chi connectivity index (χ3v) is 4.06. The molecule has 0 radical (unpaired) electrons. The Hall–Kier alpha value is -1.81. The molecule has 4 nitrogen and oxygen atoms in total. The van der Waals surface area contributed by atoms with E-state index < -0.39 is 0 Å². The van der Waals surface area contributed by atoms with Crippen molar-refractivity contribution in [1.29, 1.82) is 0 Å². The molecule has 2 atom stereocenters. The van der Waals surface area contributed by atoms with E-state index in [1.165, 1.54) is 0 Å². The summed E-state index contributed by atoms with van der Waals surface area (Å²) >= 11 is 0. The van der Waals surface area contributed by atoms with Gasteiger partial charge >= 0.3 is 0 Å². The van der Waals surface area contributed by atoms with Crippen molar-refractivity contribution < 1.29 is 14.6 Å². The van der Waals surface area contributed by atoms with Crippen molar-refractivity contribution in [3.8, 4) is 5.75 Å². The number of aliphatic hydroxyl groups is 1. The molecule has 1 aliphatic rings. The molecule has 0 aliphatic carbocycles. The van der Waals surface area contributed by atoms with Crippen LogP contribution < -0.4 is 4.74 Å². The van der Waals surface area contributed by atoms with Crippen molar-refractivity contribution in [3.63, 3.8) is 0 Å². The van der Waals surface area contributed by atoms with Gasteiger partial charge in [-0.3, -0.25) is 4.79 Å². The van der Waals surface area contributed by atoms with Gasteiger partial charge < -0.3 is 14.7 Å². The summed E-state index contributed by atoms with van der Waals surface area (Å²) in [5.41, 5.74) is 0.973. The Morgan fingerprint density at radius 1 is 1.45 bits per heavy atom. The number of carbonyl (C=O) groups is 1. The summed E-state index contributed by atoms with van der Waals surface area (Å²) in [6.07, 6.45) is 5.03. The second kappa shape index (κ2) is 7.99. The van der Waals surface area contributed by atoms with Gasteiger partial charge in [0.25, 0.3) is 0 Å². The third kappa shape index (κ3) is 4.60. The van der Waals surface area contributed by atoms with E-state index in [1.807, 2.05) is 42.2 Å². The standard InChI is InChI=1S/C18H25NO3/c1-3-22-17-9-6-15(7-10-17)8-11-18(21)19-12-4-5-16(13-19)14(2)20/h6-11,14,16,20H,3-5,12-13H2,1-2H3/b11-8+. The van der Waals surface area contributed by atoms with E-state index in [2.05, 4.69) is 0 Å². The molecule has 1 aromatic rings. The van der Waals surface area contributed by atoms with Crippen molar-refractivity contribution in [2.45, 2.75) is 32.8 Å². The highest BCUT2D eigenvalue weighted by molar-refractivity contribution is 5.91. The van der Waals surface area contributed by atoms with Crippen LogP contribution in [-0.2, 0) is 4.79 Å². The van der Waals surface area contributed by atoms with Crippen molar-refractivity contribution in [2.24, 2.45) is 5.92 Å². The Morgan fingerprint density at radius 3 is 2.82 bits per heavy atom. The first kappa shape index (κ1) is 16.6. The number of benzene rings is 1. The zero-order valence-corrected chi connectivity index (χ0v) is 13.4. The Kier molecular flexibility index (Phi) is 6.01. The van der Waals surface area contributed by atoms with Gasteiger partial charge in [-0.05, 0) is 50.5 Å². The van der Waals surface area contributed by atoms with E-state index in [9.17, 15) is 9.90 Å². The highest BCUT2D eigenvalue weighted by Gasteiger charge is 2.25. The lowest BCUT2D eigenvalue weighted by atomic mass is 9.93. The normalized spacial score (nSPS) is 20.1. The fourth-order valence-electron chi connectivity index (χ4n) is 2.72. The number of rotatable bonds is 5. The molecule has 1 heterocycles. The number of hydrogen-bond donors (Lipinski definition) is 1. The molecular weight excluding hydrogens is 278 g/mol. The van der Waals surface area contributed by atoms with E-state index in [4.69, 9.17) is 4.74 Å². The van der Waals surface area contributed by atoms with Crippen LogP contribution in [0.2, 0.25) is 0 Å². The van der Waals surface area contributed by atoms with Gasteiger partial charge in [-0.25, -0.2) is 0 Å². The highest BCUT2D eigenvalue weighted by atomic mass is 16.5. The second-order valence-corrected chi connectivity index (χ2v) is 5.76. The minimum Gasteiger partial charge on any atom is -0.494 e. The van der Waals surface area contributed by atoms with Gasteiger partial charge in [-0.2, -0.15) is 0 Å². The van der Waals surface area contributed by atoms with Crippen LogP contribution in [0.4, 0.5) is 0 Å². The van der Waals surface area contributed by atoms with Crippen molar-refractivity contribution in [3.05, 3.63) is 35.9 Å². The fourth-order valence-corrected chi connectivity index (χ4v) is 2.72. The van der Waals surface area contributed by atoms with Crippen LogP contribution >= 0.6 is 0 Å². The molecule has 0 spiro atoms. The Balaban J connectivity index is 1.92. The van der Waals surface area contributed by atoms with E-state index in [0.29, 0.717) is 13.2 Å². The largest absolute Gasteiger partial charge is 0.494 e. The number of hydrogen-bond acceptors (Lipinski definition) is 3. The lowest BCUT2D eigenvalue weighted by molar-refractivity contribution is -0.128. The van der Waals surface area contributed by atoms with Crippen LogP contribution in [0.25, 0.3) is 6.08 Å². The number of nitrogens with zero attached hydrogens (tertiary/aromatic N) is 1. The summed E-state index contributed by atoms with van der Waals surface area (Å²) in [4.78, 5) is 14.1. The zero-order chi connectivity index (χ0) is 15.9. The van der Waals surface area contributed by atoms with Crippen LogP contribution in [0, 0.1) is 5.92 Å². The SMILES string of the molecule is CCOc1ccc(/C=C/C(=O)N2CCCC(C(C)O)C2)cc1. The van der Waals surface area contributed by atoms with Crippen molar-refractivity contribution >= 4 is 12.0 Å². The summed E-state index contributed by atoms with van der Waals surface area (Å²) < 4.78 is 5.39. The molecule has 0 bridgehead atoms. The van der Waals surface area contributed by atoms with Crippen LogP contribution in [0.1, 0.15) is 32.3 Å². The van der Waals surface area contributed by atoms with Crippen LogP contribution in [0.3, 0.4) is 0 Å². The minimum atomic E-state index is -0.356. The second-order valence-electron chi connectivity index (χ2n) is 5.76. The molecule has 1 saturated heterocycles. The summed E-state index contributed by atoms with van der Waals surface area (Å²) in [5.74, 6) is 1.04. The van der Waals surface area contributed by atoms with E-state index in [0.717, 1.165) is 30.7 Å². The van der Waals surface area contributed by atoms with E-state index in [1.54, 1.807) is 13.0 Å². The number of likely N-dealkylation sites (tertiary alicyclic amines) is 1. The number of piperidine rings is 1. The van der Waals surface area contributed by atoms with Gasteiger partial charge in [-0.15, -0.1) is 0 Å². The van der Waals surface area contributed by atoms with Gasteiger partial charge in [0.15, 0.2) is 0 Å². The molecular formula is C18H25NO3. The zero-order valence-electron chi connectivity index (χ0n) is 13.4. The Morgan fingerprint density at radius 2 is 2.18 bits per heavy atom. The van der Waals surface area contributed by atoms with Gasteiger partial charge in [0.2, 0.25) is 5.91 Å². The van der Waals surface area contributed by atoms with Gasteiger partial charge in [0.1, 0.15) is 5.75 Å². The van der Waals surface area contributed by atoms with Crippen molar-refractivity contribution in [1.82, 2.24) is 4.90 Å². The van der Waals surface area contributed by atoms with Gasteiger partial charge in [0, 0.05) is 25.1 Å². The number of carbonyl (C=O) groups excluding carboxylic acids is 1. The Bertz CT molecular complexity index is 508. The molecule has 1 N–H and O–H groups in total. The number of aliphatic hydroxyl groups excluding tert-OH is 1. The highest BCUT2D eigenvalue weighted by Crippen LogP contribution is 2.20. The first-order chi connectivity index (χ1) is 10.6. The van der Waals surface area contributed by atoms with Crippen LogP contribution in [-0.4, -0.2) is 41.7 Å².